The van der Waals surface area contributed by atoms with Gasteiger partial charge in [0.2, 0.25) is 21.8 Å². The second-order valence-corrected chi connectivity index (χ2v) is 12.3. The summed E-state index contributed by atoms with van der Waals surface area (Å²) in [5, 5.41) is 3.00. The Kier molecular flexibility index (Phi) is 5.40. The topological polar surface area (TPSA) is 118 Å². The number of halogens is 3. The van der Waals surface area contributed by atoms with Gasteiger partial charge in [0.1, 0.15) is 5.54 Å². The molecule has 7 nitrogen and oxygen atoms in total. The Labute approximate surface area is 190 Å². The second-order valence-electron chi connectivity index (χ2n) is 10.6. The predicted octanol–water partition coefficient (Wildman–Crippen LogP) is 2.70. The van der Waals surface area contributed by atoms with E-state index in [1.54, 1.807) is 0 Å². The van der Waals surface area contributed by atoms with Crippen molar-refractivity contribution in [1.82, 2.24) is 10.0 Å². The van der Waals surface area contributed by atoms with Gasteiger partial charge < -0.3 is 11.1 Å². The van der Waals surface area contributed by atoms with Crippen LogP contribution in [0.4, 0.5) is 13.2 Å². The lowest BCUT2D eigenvalue weighted by atomic mass is 9.46. The van der Waals surface area contributed by atoms with Gasteiger partial charge in [-0.15, -0.1) is 0 Å². The molecule has 4 bridgehead atoms. The predicted molar refractivity (Wildman–Crippen MR) is 113 cm³/mol. The van der Waals surface area contributed by atoms with Crippen molar-refractivity contribution in [3.8, 4) is 0 Å². The summed E-state index contributed by atoms with van der Waals surface area (Å²) < 4.78 is 66.9. The number of amides is 2. The molecule has 1 aromatic rings. The van der Waals surface area contributed by atoms with Crippen molar-refractivity contribution in [3.05, 3.63) is 29.8 Å². The standard InChI is InChI=1S/C22H28F3N3O4S/c1-19(2,28-33(31,32)16-5-3-4-15(7-16)22(23,24)25)18(30)27-21-10-13-6-14(11-21)9-20(8-13,12-21)17(26)29/h3-5,7,13-14,28H,6,8-12H2,1-2H3,(H2,26,29)(H,27,30). The van der Waals surface area contributed by atoms with Crippen LogP contribution in [-0.4, -0.2) is 31.3 Å². The van der Waals surface area contributed by atoms with Crippen LogP contribution in [0.25, 0.3) is 0 Å². The molecular weight excluding hydrogens is 459 g/mol. The minimum absolute atomic E-state index is 0.268. The van der Waals surface area contributed by atoms with Crippen LogP contribution in [0.1, 0.15) is 57.9 Å². The lowest BCUT2D eigenvalue weighted by molar-refractivity contribution is -0.151. The minimum Gasteiger partial charge on any atom is -0.369 e. The molecule has 2 unspecified atom stereocenters. The molecule has 5 rings (SSSR count). The van der Waals surface area contributed by atoms with Gasteiger partial charge in [-0.2, -0.15) is 17.9 Å². The Morgan fingerprint density at radius 3 is 2.24 bits per heavy atom. The number of benzene rings is 1. The minimum atomic E-state index is -4.70. The molecule has 0 heterocycles. The lowest BCUT2D eigenvalue weighted by Gasteiger charge is -2.61. The second kappa shape index (κ2) is 7.43. The maximum atomic E-state index is 13.2. The van der Waals surface area contributed by atoms with Gasteiger partial charge in [-0.1, -0.05) is 6.07 Å². The number of nitrogens with one attached hydrogen (secondary N) is 2. The first-order chi connectivity index (χ1) is 15.1. The van der Waals surface area contributed by atoms with E-state index in [1.807, 2.05) is 0 Å². The highest BCUT2D eigenvalue weighted by Crippen LogP contribution is 2.61. The highest BCUT2D eigenvalue weighted by atomic mass is 32.2. The van der Waals surface area contributed by atoms with Crippen molar-refractivity contribution in [2.45, 2.75) is 74.5 Å². The summed E-state index contributed by atoms with van der Waals surface area (Å²) in [5.74, 6) is -0.424. The fraction of sp³-hybridized carbons (Fsp3) is 0.636. The molecule has 1 aromatic carbocycles. The van der Waals surface area contributed by atoms with Crippen LogP contribution in [0, 0.1) is 17.3 Å². The van der Waals surface area contributed by atoms with E-state index in [0.717, 1.165) is 24.6 Å². The smallest absolute Gasteiger partial charge is 0.369 e. The van der Waals surface area contributed by atoms with Gasteiger partial charge in [0.25, 0.3) is 0 Å². The third-order valence-corrected chi connectivity index (χ3v) is 9.04. The van der Waals surface area contributed by atoms with Gasteiger partial charge in [-0.05, 0) is 82.4 Å². The number of rotatable bonds is 6. The first-order valence-corrected chi connectivity index (χ1v) is 12.4. The van der Waals surface area contributed by atoms with Gasteiger partial charge in [-0.3, -0.25) is 9.59 Å². The molecule has 4 N–H and O–H groups in total. The van der Waals surface area contributed by atoms with Crippen molar-refractivity contribution in [2.24, 2.45) is 23.0 Å². The Hall–Kier alpha value is -2.14. The van der Waals surface area contributed by atoms with Crippen LogP contribution >= 0.6 is 0 Å². The highest BCUT2D eigenvalue weighted by Gasteiger charge is 2.61. The molecule has 11 heteroatoms. The number of sulfonamides is 1. The molecule has 0 spiro atoms. The normalized spacial score (nSPS) is 31.4. The maximum absolute atomic E-state index is 13.2. The summed E-state index contributed by atoms with van der Waals surface area (Å²) in [7, 11) is -4.42. The van der Waals surface area contributed by atoms with E-state index in [0.29, 0.717) is 38.2 Å². The number of primary amides is 1. The monoisotopic (exact) mass is 487 g/mol. The van der Waals surface area contributed by atoms with Crippen molar-refractivity contribution in [2.75, 3.05) is 0 Å². The molecule has 4 aliphatic rings. The number of hydrogen-bond donors (Lipinski definition) is 3. The third kappa shape index (κ3) is 4.37. The summed E-state index contributed by atoms with van der Waals surface area (Å²) in [6.07, 6.45) is -0.485. The summed E-state index contributed by atoms with van der Waals surface area (Å²) in [6.45, 7) is 2.72. The van der Waals surface area contributed by atoms with E-state index in [-0.39, 0.29) is 17.7 Å². The van der Waals surface area contributed by atoms with Crippen molar-refractivity contribution in [1.29, 1.82) is 0 Å². The van der Waals surface area contributed by atoms with E-state index < -0.39 is 49.1 Å². The molecule has 182 valence electrons. The molecule has 0 saturated heterocycles. The molecule has 0 aliphatic heterocycles. The molecule has 0 aromatic heterocycles. The van der Waals surface area contributed by atoms with E-state index in [9.17, 15) is 31.2 Å². The average molecular weight is 488 g/mol. The molecule has 2 amide bonds. The summed E-state index contributed by atoms with van der Waals surface area (Å²) in [5.41, 5.74) is 1.69. The van der Waals surface area contributed by atoms with Crippen LogP contribution in [0.15, 0.2) is 29.2 Å². The highest BCUT2D eigenvalue weighted by molar-refractivity contribution is 7.89. The molecule has 2 atom stereocenters. The Morgan fingerprint density at radius 2 is 1.70 bits per heavy atom. The number of carbonyl (C=O) groups is 2. The zero-order valence-corrected chi connectivity index (χ0v) is 19.3. The van der Waals surface area contributed by atoms with Crippen LogP contribution in [-0.2, 0) is 25.8 Å². The summed E-state index contributed by atoms with van der Waals surface area (Å²) in [6, 6.07) is 3.36. The number of hydrogen-bond acceptors (Lipinski definition) is 4. The SMILES string of the molecule is CC(C)(NS(=O)(=O)c1cccc(C(F)(F)F)c1)C(=O)NC12CC3CC(C1)CC(C(N)=O)(C3)C2. The Balaban J connectivity index is 1.54. The van der Waals surface area contributed by atoms with Crippen LogP contribution in [0.5, 0.6) is 0 Å². The van der Waals surface area contributed by atoms with E-state index in [4.69, 9.17) is 5.73 Å². The number of nitrogens with two attached hydrogens (primary N) is 1. The van der Waals surface area contributed by atoms with Crippen molar-refractivity contribution >= 4 is 21.8 Å². The first kappa shape index (κ1) is 24.0. The molecule has 0 radical (unpaired) electrons. The van der Waals surface area contributed by atoms with Gasteiger partial charge in [0, 0.05) is 5.54 Å². The van der Waals surface area contributed by atoms with E-state index in [1.165, 1.54) is 13.8 Å². The lowest BCUT2D eigenvalue weighted by Crippen LogP contribution is -2.68. The third-order valence-electron chi connectivity index (χ3n) is 7.39. The van der Waals surface area contributed by atoms with Gasteiger partial charge in [0.15, 0.2) is 0 Å². The number of alkyl halides is 3. The van der Waals surface area contributed by atoms with Crippen LogP contribution in [0.3, 0.4) is 0 Å². The molecule has 4 saturated carbocycles. The molecular formula is C22H28F3N3O4S. The summed E-state index contributed by atoms with van der Waals surface area (Å²) >= 11 is 0. The van der Waals surface area contributed by atoms with Crippen molar-refractivity contribution < 1.29 is 31.2 Å². The average Bonchev–Trinajstić information content (AvgIpc) is 2.65. The van der Waals surface area contributed by atoms with Crippen LogP contribution in [0.2, 0.25) is 0 Å². The number of carbonyl (C=O) groups excluding carboxylic acids is 2. The van der Waals surface area contributed by atoms with Crippen molar-refractivity contribution in [3.63, 3.8) is 0 Å². The van der Waals surface area contributed by atoms with Gasteiger partial charge in [0.05, 0.1) is 15.9 Å². The van der Waals surface area contributed by atoms with Crippen LogP contribution < -0.4 is 15.8 Å². The maximum Gasteiger partial charge on any atom is 0.416 e. The van der Waals surface area contributed by atoms with Gasteiger partial charge in [-0.25, -0.2) is 8.42 Å². The van der Waals surface area contributed by atoms with E-state index >= 15 is 0 Å². The van der Waals surface area contributed by atoms with Gasteiger partial charge >= 0.3 is 6.18 Å². The molecule has 4 fully saturated rings. The first-order valence-electron chi connectivity index (χ1n) is 10.9. The Morgan fingerprint density at radius 1 is 1.09 bits per heavy atom. The fourth-order valence-corrected chi connectivity index (χ4v) is 7.80. The molecule has 4 aliphatic carbocycles. The summed E-state index contributed by atoms with van der Waals surface area (Å²) in [4.78, 5) is 24.9. The largest absolute Gasteiger partial charge is 0.416 e. The Bertz CT molecular complexity index is 1090. The molecule has 33 heavy (non-hydrogen) atoms. The fourth-order valence-electron chi connectivity index (χ4n) is 6.37. The van der Waals surface area contributed by atoms with E-state index in [2.05, 4.69) is 10.0 Å². The zero-order chi connectivity index (χ0) is 24.4. The zero-order valence-electron chi connectivity index (χ0n) is 18.5. The quantitative estimate of drug-likeness (QED) is 0.572.